The first-order valence-electron chi connectivity index (χ1n) is 5.19. The fraction of sp³-hybridized carbons (Fsp3) is 0.200. The van der Waals surface area contributed by atoms with E-state index in [0.29, 0.717) is 0 Å². The zero-order chi connectivity index (χ0) is 11.8. The van der Waals surface area contributed by atoms with E-state index in [1.165, 1.54) is 11.2 Å². The Bertz CT molecular complexity index is 670. The van der Waals surface area contributed by atoms with Gasteiger partial charge in [0.05, 0.1) is 5.39 Å². The molecule has 86 valence electrons. The van der Waals surface area contributed by atoms with E-state index in [-0.39, 0.29) is 5.95 Å². The molecule has 0 radical (unpaired) electrons. The van der Waals surface area contributed by atoms with Gasteiger partial charge in [-0.1, -0.05) is 6.92 Å². The molecule has 0 spiro atoms. The molecule has 0 aliphatic heterocycles. The number of nitrogen functional groups attached to an aromatic ring is 1. The molecule has 0 saturated carbocycles. The number of rotatable bonds is 2. The molecular formula is C10H10N6S. The van der Waals surface area contributed by atoms with Crippen LogP contribution in [0.4, 0.5) is 5.95 Å². The van der Waals surface area contributed by atoms with Crippen LogP contribution in [0, 0.1) is 0 Å². The zero-order valence-corrected chi connectivity index (χ0v) is 9.98. The summed E-state index contributed by atoms with van der Waals surface area (Å²) in [4.78, 5) is 14.6. The second kappa shape index (κ2) is 3.77. The molecule has 0 amide bonds. The summed E-state index contributed by atoms with van der Waals surface area (Å²) >= 11 is 1.67. The summed E-state index contributed by atoms with van der Waals surface area (Å²) in [5.41, 5.74) is 5.51. The van der Waals surface area contributed by atoms with Crippen molar-refractivity contribution in [2.45, 2.75) is 13.3 Å². The molecule has 0 saturated heterocycles. The van der Waals surface area contributed by atoms with Crippen molar-refractivity contribution in [2.75, 3.05) is 5.73 Å². The Balaban J connectivity index is 2.25. The monoisotopic (exact) mass is 246 g/mol. The van der Waals surface area contributed by atoms with Gasteiger partial charge < -0.3 is 5.73 Å². The first-order valence-corrected chi connectivity index (χ1v) is 6.00. The number of hydrogen-bond acceptors (Lipinski definition) is 6. The van der Waals surface area contributed by atoms with E-state index in [4.69, 9.17) is 5.73 Å². The zero-order valence-electron chi connectivity index (χ0n) is 9.16. The van der Waals surface area contributed by atoms with E-state index >= 15 is 0 Å². The SMILES string of the molecule is CCc1cc2c(-n3cnc(N)n3)ncnc2s1. The maximum absolute atomic E-state index is 5.51. The molecule has 0 bridgehead atoms. The van der Waals surface area contributed by atoms with Crippen molar-refractivity contribution < 1.29 is 0 Å². The topological polar surface area (TPSA) is 82.5 Å². The molecule has 3 aromatic rings. The van der Waals surface area contributed by atoms with Gasteiger partial charge in [0.25, 0.3) is 0 Å². The van der Waals surface area contributed by atoms with Gasteiger partial charge in [-0.2, -0.15) is 4.68 Å². The molecule has 0 unspecified atom stereocenters. The minimum absolute atomic E-state index is 0.239. The molecule has 0 fully saturated rings. The highest BCUT2D eigenvalue weighted by atomic mass is 32.1. The van der Waals surface area contributed by atoms with E-state index in [2.05, 4.69) is 33.0 Å². The lowest BCUT2D eigenvalue weighted by Gasteiger charge is -1.99. The molecule has 3 aromatic heterocycles. The Morgan fingerprint density at radius 3 is 2.94 bits per heavy atom. The number of thiophene rings is 1. The molecule has 3 heterocycles. The van der Waals surface area contributed by atoms with Crippen LogP contribution < -0.4 is 5.73 Å². The second-order valence-corrected chi connectivity index (χ2v) is 4.64. The molecule has 0 aliphatic carbocycles. The lowest BCUT2D eigenvalue weighted by molar-refractivity contribution is 0.854. The van der Waals surface area contributed by atoms with Gasteiger partial charge >= 0.3 is 0 Å². The van der Waals surface area contributed by atoms with Crippen LogP contribution in [-0.4, -0.2) is 24.7 Å². The molecule has 3 rings (SSSR count). The number of anilines is 1. The number of nitrogens with zero attached hydrogens (tertiary/aromatic N) is 5. The van der Waals surface area contributed by atoms with Crippen LogP contribution in [0.5, 0.6) is 0 Å². The van der Waals surface area contributed by atoms with Gasteiger partial charge in [0.15, 0.2) is 5.82 Å². The number of aromatic nitrogens is 5. The highest BCUT2D eigenvalue weighted by Crippen LogP contribution is 2.27. The van der Waals surface area contributed by atoms with E-state index < -0.39 is 0 Å². The molecule has 2 N–H and O–H groups in total. The predicted molar refractivity (Wildman–Crippen MR) is 66.1 cm³/mol. The summed E-state index contributed by atoms with van der Waals surface area (Å²) in [6.45, 7) is 2.12. The van der Waals surface area contributed by atoms with E-state index in [1.807, 2.05) is 0 Å². The number of fused-ring (bicyclic) bond motifs is 1. The minimum Gasteiger partial charge on any atom is -0.366 e. The highest BCUT2D eigenvalue weighted by molar-refractivity contribution is 7.18. The number of hydrogen-bond donors (Lipinski definition) is 1. The molecule has 6 nitrogen and oxygen atoms in total. The van der Waals surface area contributed by atoms with Crippen molar-refractivity contribution >= 4 is 27.5 Å². The summed E-state index contributed by atoms with van der Waals surface area (Å²) in [6, 6.07) is 2.09. The lowest BCUT2D eigenvalue weighted by Crippen LogP contribution is -2.00. The molecule has 0 aromatic carbocycles. The molecule has 0 aliphatic rings. The number of nitrogens with two attached hydrogens (primary N) is 1. The quantitative estimate of drug-likeness (QED) is 0.739. The normalized spacial score (nSPS) is 11.1. The number of aryl methyl sites for hydroxylation is 1. The van der Waals surface area contributed by atoms with Gasteiger partial charge in [-0.3, -0.25) is 0 Å². The van der Waals surface area contributed by atoms with Crippen molar-refractivity contribution in [2.24, 2.45) is 0 Å². The Kier molecular flexibility index (Phi) is 2.25. The van der Waals surface area contributed by atoms with Crippen LogP contribution in [0.1, 0.15) is 11.8 Å². The average Bonchev–Trinajstić information content (AvgIpc) is 2.93. The Labute approximate surface area is 101 Å². The maximum Gasteiger partial charge on any atom is 0.239 e. The average molecular weight is 246 g/mol. The first-order chi connectivity index (χ1) is 8.28. The van der Waals surface area contributed by atoms with Gasteiger partial charge in [-0.25, -0.2) is 15.0 Å². The summed E-state index contributed by atoms with van der Waals surface area (Å²) in [5, 5.41) is 5.05. The van der Waals surface area contributed by atoms with Gasteiger partial charge in [-0.05, 0) is 12.5 Å². The van der Waals surface area contributed by atoms with Crippen LogP contribution in [0.3, 0.4) is 0 Å². The third kappa shape index (κ3) is 1.64. The van der Waals surface area contributed by atoms with Crippen molar-refractivity contribution in [3.05, 3.63) is 23.6 Å². The van der Waals surface area contributed by atoms with Gasteiger partial charge in [0.1, 0.15) is 17.5 Å². The van der Waals surface area contributed by atoms with E-state index in [0.717, 1.165) is 22.5 Å². The Hall–Kier alpha value is -2.02. The van der Waals surface area contributed by atoms with Crippen LogP contribution in [0.2, 0.25) is 0 Å². The summed E-state index contributed by atoms with van der Waals surface area (Å²) < 4.78 is 1.57. The highest BCUT2D eigenvalue weighted by Gasteiger charge is 2.10. The van der Waals surface area contributed by atoms with Crippen LogP contribution in [0.15, 0.2) is 18.7 Å². The lowest BCUT2D eigenvalue weighted by atomic mass is 10.3. The van der Waals surface area contributed by atoms with Crippen molar-refractivity contribution in [3.8, 4) is 5.82 Å². The maximum atomic E-state index is 5.51. The van der Waals surface area contributed by atoms with Crippen molar-refractivity contribution in [1.82, 2.24) is 24.7 Å². The smallest absolute Gasteiger partial charge is 0.239 e. The van der Waals surface area contributed by atoms with E-state index in [1.54, 1.807) is 22.3 Å². The second-order valence-electron chi connectivity index (χ2n) is 3.53. The molecule has 0 atom stereocenters. The van der Waals surface area contributed by atoms with Crippen LogP contribution in [-0.2, 0) is 6.42 Å². The fourth-order valence-electron chi connectivity index (χ4n) is 1.63. The molecule has 17 heavy (non-hydrogen) atoms. The third-order valence-electron chi connectivity index (χ3n) is 2.43. The molecular weight excluding hydrogens is 236 g/mol. The summed E-state index contributed by atoms with van der Waals surface area (Å²) in [7, 11) is 0. The summed E-state index contributed by atoms with van der Waals surface area (Å²) in [5.74, 6) is 0.956. The predicted octanol–water partition coefficient (Wildman–Crippen LogP) is 1.42. The third-order valence-corrected chi connectivity index (χ3v) is 3.62. The Morgan fingerprint density at radius 2 is 2.24 bits per heavy atom. The van der Waals surface area contributed by atoms with Gasteiger partial charge in [-0.15, -0.1) is 16.4 Å². The van der Waals surface area contributed by atoms with Crippen LogP contribution in [0.25, 0.3) is 16.0 Å². The minimum atomic E-state index is 0.239. The largest absolute Gasteiger partial charge is 0.366 e. The fourth-order valence-corrected chi connectivity index (χ4v) is 2.56. The standard InChI is InChI=1S/C10H10N6S/c1-2-6-3-7-8(12-4-13-9(7)17-6)16-5-14-10(11)15-16/h3-5H,2H2,1H3,(H2,11,15). The first kappa shape index (κ1) is 10.2. The Morgan fingerprint density at radius 1 is 1.35 bits per heavy atom. The van der Waals surface area contributed by atoms with E-state index in [9.17, 15) is 0 Å². The van der Waals surface area contributed by atoms with Crippen molar-refractivity contribution in [3.63, 3.8) is 0 Å². The van der Waals surface area contributed by atoms with Crippen molar-refractivity contribution in [1.29, 1.82) is 0 Å². The van der Waals surface area contributed by atoms with Crippen LogP contribution >= 0.6 is 11.3 Å². The van der Waals surface area contributed by atoms with Gasteiger partial charge in [0, 0.05) is 4.88 Å². The summed E-state index contributed by atoms with van der Waals surface area (Å²) in [6.07, 6.45) is 4.08. The molecule has 7 heteroatoms. The van der Waals surface area contributed by atoms with Gasteiger partial charge in [0.2, 0.25) is 5.95 Å².